The maximum absolute atomic E-state index is 12.0. The lowest BCUT2D eigenvalue weighted by Crippen LogP contribution is -2.60. The van der Waals surface area contributed by atoms with Crippen molar-refractivity contribution in [3.8, 4) is 0 Å². The van der Waals surface area contributed by atoms with Gasteiger partial charge in [0.05, 0.1) is 17.9 Å². The zero-order valence-electron chi connectivity index (χ0n) is 17.3. The molecular formula is C21H24ClN5O3S. The van der Waals surface area contributed by atoms with E-state index in [9.17, 15) is 13.0 Å². The van der Waals surface area contributed by atoms with Gasteiger partial charge in [0, 0.05) is 29.1 Å². The van der Waals surface area contributed by atoms with Crippen LogP contribution < -0.4 is 10.3 Å². The maximum atomic E-state index is 12.0. The first kappa shape index (κ1) is 21.8. The molecule has 2 N–H and O–H groups in total. The quantitative estimate of drug-likeness (QED) is 0.641. The van der Waals surface area contributed by atoms with E-state index < -0.39 is 21.5 Å². The Bertz CT molecular complexity index is 1150. The van der Waals surface area contributed by atoms with Gasteiger partial charge in [-0.25, -0.2) is 0 Å². The minimum absolute atomic E-state index is 0.249. The molecule has 0 amide bonds. The molecule has 2 aliphatic heterocycles. The van der Waals surface area contributed by atoms with E-state index in [2.05, 4.69) is 10.5 Å². The average molecular weight is 462 g/mol. The average Bonchev–Trinajstić information content (AvgIpc) is 2.95. The van der Waals surface area contributed by atoms with E-state index in [4.69, 9.17) is 16.6 Å². The van der Waals surface area contributed by atoms with Gasteiger partial charge in [-0.05, 0) is 32.3 Å². The number of hydrogen-bond acceptors (Lipinski definition) is 7. The lowest BCUT2D eigenvalue weighted by Gasteiger charge is -2.39. The van der Waals surface area contributed by atoms with Crippen LogP contribution in [0.5, 0.6) is 0 Å². The maximum Gasteiger partial charge on any atom is 0.269 e. The molecular weight excluding hydrogens is 438 g/mol. The zero-order chi connectivity index (χ0) is 22.2. The van der Waals surface area contributed by atoms with Gasteiger partial charge >= 0.3 is 0 Å². The van der Waals surface area contributed by atoms with Crippen molar-refractivity contribution in [3.05, 3.63) is 64.7 Å². The molecule has 0 aliphatic carbocycles. The molecule has 2 aromatic rings. The molecule has 0 aromatic heterocycles. The number of hydrogen-bond donors (Lipinski definition) is 2. The molecule has 0 spiro atoms. The Balaban J connectivity index is 1.88. The molecule has 0 radical (unpaired) electrons. The van der Waals surface area contributed by atoms with Crippen molar-refractivity contribution in [1.29, 1.82) is 0 Å². The first-order valence-corrected chi connectivity index (χ1v) is 11.8. The minimum atomic E-state index is -4.31. The van der Waals surface area contributed by atoms with E-state index in [1.54, 1.807) is 6.07 Å². The Morgan fingerprint density at radius 2 is 1.97 bits per heavy atom. The van der Waals surface area contributed by atoms with Crippen LogP contribution in [0, 0.1) is 0 Å². The van der Waals surface area contributed by atoms with Gasteiger partial charge in [0.15, 0.2) is 5.84 Å². The number of aliphatic imine (C=N–C) groups is 1. The van der Waals surface area contributed by atoms with E-state index in [1.165, 1.54) is 0 Å². The van der Waals surface area contributed by atoms with E-state index in [-0.39, 0.29) is 6.54 Å². The van der Waals surface area contributed by atoms with E-state index in [0.717, 1.165) is 22.5 Å². The molecule has 2 aliphatic rings. The van der Waals surface area contributed by atoms with Gasteiger partial charge in [-0.2, -0.15) is 13.5 Å². The van der Waals surface area contributed by atoms with Crippen LogP contribution in [-0.4, -0.2) is 68.0 Å². The fourth-order valence-electron chi connectivity index (χ4n) is 4.01. The summed E-state index contributed by atoms with van der Waals surface area (Å²) in [5.74, 6) is 0.0562. The number of anilines is 1. The van der Waals surface area contributed by atoms with Gasteiger partial charge in [0.2, 0.25) is 0 Å². The first-order valence-electron chi connectivity index (χ1n) is 9.82. The highest BCUT2D eigenvalue weighted by atomic mass is 35.5. The van der Waals surface area contributed by atoms with Crippen molar-refractivity contribution in [3.63, 3.8) is 0 Å². The summed E-state index contributed by atoms with van der Waals surface area (Å²) in [4.78, 5) is 8.61. The van der Waals surface area contributed by atoms with Gasteiger partial charge in [-0.3, -0.25) is 19.9 Å². The Labute approximate surface area is 187 Å². The zero-order valence-corrected chi connectivity index (χ0v) is 18.9. The van der Waals surface area contributed by atoms with Gasteiger partial charge in [0.1, 0.15) is 11.4 Å². The third-order valence-electron chi connectivity index (χ3n) is 5.35. The molecule has 0 saturated carbocycles. The van der Waals surface area contributed by atoms with E-state index >= 15 is 0 Å². The normalized spacial score (nSPS) is 20.5. The lowest BCUT2D eigenvalue weighted by atomic mass is 9.98. The molecule has 0 bridgehead atoms. The minimum Gasteiger partial charge on any atom is -0.309 e. The van der Waals surface area contributed by atoms with Crippen LogP contribution in [-0.2, 0) is 10.1 Å². The summed E-state index contributed by atoms with van der Waals surface area (Å²) in [5.41, 5.74) is 5.04. The monoisotopic (exact) mass is 461 g/mol. The number of nitrogens with one attached hydrogen (secondary N) is 1. The second-order valence-corrected chi connectivity index (χ2v) is 9.87. The van der Waals surface area contributed by atoms with Crippen molar-refractivity contribution in [2.75, 3.05) is 37.8 Å². The van der Waals surface area contributed by atoms with E-state index in [1.807, 2.05) is 66.4 Å². The van der Waals surface area contributed by atoms with Gasteiger partial charge < -0.3 is 4.90 Å². The molecule has 10 heteroatoms. The highest BCUT2D eigenvalue weighted by Gasteiger charge is 2.48. The molecule has 0 fully saturated rings. The summed E-state index contributed by atoms with van der Waals surface area (Å²) in [5, 5.41) is 4.99. The lowest BCUT2D eigenvalue weighted by molar-refractivity contribution is 0.300. The number of halogens is 1. The Kier molecular flexibility index (Phi) is 5.78. The number of benzene rings is 2. The van der Waals surface area contributed by atoms with Crippen LogP contribution in [0.25, 0.3) is 0 Å². The Morgan fingerprint density at radius 3 is 2.65 bits per heavy atom. The van der Waals surface area contributed by atoms with Crippen LogP contribution in [0.15, 0.2) is 58.6 Å². The second-order valence-electron chi connectivity index (χ2n) is 7.98. The molecule has 8 nitrogen and oxygen atoms in total. The fourth-order valence-corrected chi connectivity index (χ4v) is 5.12. The molecule has 164 valence electrons. The summed E-state index contributed by atoms with van der Waals surface area (Å²) >= 11 is 6.34. The van der Waals surface area contributed by atoms with Crippen LogP contribution in [0.1, 0.15) is 17.5 Å². The third kappa shape index (κ3) is 4.45. The van der Waals surface area contributed by atoms with Crippen LogP contribution >= 0.6 is 11.6 Å². The molecule has 2 aromatic carbocycles. The first-order chi connectivity index (χ1) is 14.7. The van der Waals surface area contributed by atoms with E-state index in [0.29, 0.717) is 23.8 Å². The topological polar surface area (TPSA) is 97.6 Å². The summed E-state index contributed by atoms with van der Waals surface area (Å²) in [6, 6.07) is 15.2. The number of hydrazone groups is 1. The predicted octanol–water partition coefficient (Wildman–Crippen LogP) is 2.45. The fraction of sp³-hybridized carbons (Fsp3) is 0.333. The van der Waals surface area contributed by atoms with Crippen LogP contribution in [0.2, 0.25) is 5.02 Å². The largest absolute Gasteiger partial charge is 0.309 e. The van der Waals surface area contributed by atoms with Crippen molar-refractivity contribution in [2.24, 2.45) is 10.1 Å². The van der Waals surface area contributed by atoms with Gasteiger partial charge in [0.25, 0.3) is 10.1 Å². The van der Waals surface area contributed by atoms with Crippen molar-refractivity contribution in [2.45, 2.75) is 12.1 Å². The molecule has 2 heterocycles. The molecule has 1 unspecified atom stereocenters. The molecule has 0 saturated heterocycles. The standard InChI is InChI=1S/C21H24ClN5O3S/c1-26(2)11-10-21(14-31(28,29)30)25-24-19-13-23-20(15-6-4-3-5-7-15)17-12-16(22)8-9-18(17)27(19)21/h3-9,12,25H,10-11,13-14H2,1-2H3,(H,28,29,30). The highest BCUT2D eigenvalue weighted by molar-refractivity contribution is 7.85. The molecule has 1 atom stereocenters. The molecule has 4 rings (SSSR count). The summed E-state index contributed by atoms with van der Waals surface area (Å²) in [7, 11) is -0.497. The van der Waals surface area contributed by atoms with Crippen molar-refractivity contribution < 1.29 is 13.0 Å². The van der Waals surface area contributed by atoms with Gasteiger partial charge in [-0.1, -0.05) is 41.9 Å². The van der Waals surface area contributed by atoms with Crippen LogP contribution in [0.3, 0.4) is 0 Å². The highest BCUT2D eigenvalue weighted by Crippen LogP contribution is 2.37. The number of fused-ring (bicyclic) bond motifs is 3. The third-order valence-corrected chi connectivity index (χ3v) is 6.43. The summed E-state index contributed by atoms with van der Waals surface area (Å²) in [6.07, 6.45) is 0.398. The SMILES string of the molecule is CN(C)CCC1(CS(=O)(=O)O)NN=C2CN=C(c3ccccc3)c3cc(Cl)ccc3N21. The number of amidine groups is 1. The molecule has 31 heavy (non-hydrogen) atoms. The summed E-state index contributed by atoms with van der Waals surface area (Å²) < 4.78 is 33.8. The van der Waals surface area contributed by atoms with Crippen molar-refractivity contribution in [1.82, 2.24) is 10.3 Å². The summed E-state index contributed by atoms with van der Waals surface area (Å²) in [6.45, 7) is 0.829. The Morgan fingerprint density at radius 1 is 1.23 bits per heavy atom. The predicted molar refractivity (Wildman–Crippen MR) is 124 cm³/mol. The van der Waals surface area contributed by atoms with Gasteiger partial charge in [-0.15, -0.1) is 0 Å². The van der Waals surface area contributed by atoms with Crippen molar-refractivity contribution >= 4 is 39.0 Å². The number of nitrogens with zero attached hydrogens (tertiary/aromatic N) is 4. The second kappa shape index (κ2) is 8.23. The van der Waals surface area contributed by atoms with Crippen LogP contribution in [0.4, 0.5) is 5.69 Å². The Hall–Kier alpha value is -2.46. The number of rotatable bonds is 6. The smallest absolute Gasteiger partial charge is 0.269 e.